The highest BCUT2D eigenvalue weighted by Gasteiger charge is 2.08. The number of hydrogen-bond acceptors (Lipinski definition) is 3. The highest BCUT2D eigenvalue weighted by Crippen LogP contribution is 2.15. The fourth-order valence-electron chi connectivity index (χ4n) is 1.09. The van der Waals surface area contributed by atoms with Gasteiger partial charge in [-0.3, -0.25) is 4.79 Å². The molecule has 2 rings (SSSR count). The number of nitrogens with zero attached hydrogens (tertiary/aromatic N) is 1. The summed E-state index contributed by atoms with van der Waals surface area (Å²) in [6, 6.07) is 6.86. The Bertz CT molecular complexity index is 468. The zero-order valence-electron chi connectivity index (χ0n) is 7.61. The third kappa shape index (κ3) is 2.35. The van der Waals surface area contributed by atoms with Crippen molar-refractivity contribution in [1.82, 2.24) is 4.98 Å². The van der Waals surface area contributed by atoms with E-state index in [9.17, 15) is 4.79 Å². The molecule has 0 atom stereocenters. The predicted octanol–water partition coefficient (Wildman–Crippen LogP) is 2.58. The van der Waals surface area contributed by atoms with Gasteiger partial charge >= 0.3 is 0 Å². The maximum atomic E-state index is 11.5. The summed E-state index contributed by atoms with van der Waals surface area (Å²) in [6.07, 6.45) is 2.55. The lowest BCUT2D eigenvalue weighted by atomic mass is 10.3. The van der Waals surface area contributed by atoms with Gasteiger partial charge in [0.25, 0.3) is 5.91 Å². The molecule has 1 aromatic heterocycles. The summed E-state index contributed by atoms with van der Waals surface area (Å²) < 4.78 is 4.84. The molecule has 0 aliphatic carbocycles. The van der Waals surface area contributed by atoms with E-state index < -0.39 is 0 Å². The molecule has 0 saturated heterocycles. The quantitative estimate of drug-likeness (QED) is 0.850. The van der Waals surface area contributed by atoms with Crippen LogP contribution in [0.5, 0.6) is 0 Å². The maximum Gasteiger partial charge on any atom is 0.293 e. The third-order valence-electron chi connectivity index (χ3n) is 1.74. The van der Waals surface area contributed by atoms with Gasteiger partial charge in [0.2, 0.25) is 5.76 Å². The largest absolute Gasteiger partial charge is 0.438 e. The number of rotatable bonds is 2. The molecule has 0 aliphatic heterocycles. The Hall–Kier alpha value is -1.81. The first kappa shape index (κ1) is 9.73. The molecular weight excluding hydrogens is 216 g/mol. The molecule has 1 amide bonds. The van der Waals surface area contributed by atoms with Gasteiger partial charge < -0.3 is 9.73 Å². The van der Waals surface area contributed by atoms with Crippen LogP contribution in [0.2, 0.25) is 5.02 Å². The molecule has 0 saturated carbocycles. The van der Waals surface area contributed by atoms with Crippen molar-refractivity contribution in [1.29, 1.82) is 0 Å². The van der Waals surface area contributed by atoms with E-state index in [0.717, 1.165) is 0 Å². The van der Waals surface area contributed by atoms with E-state index in [0.29, 0.717) is 10.7 Å². The molecule has 4 nitrogen and oxygen atoms in total. The zero-order chi connectivity index (χ0) is 10.7. The van der Waals surface area contributed by atoms with Crippen LogP contribution in [-0.4, -0.2) is 10.9 Å². The molecule has 76 valence electrons. The number of oxazole rings is 1. The van der Waals surface area contributed by atoms with Crippen molar-refractivity contribution >= 4 is 23.2 Å². The van der Waals surface area contributed by atoms with Crippen LogP contribution in [0.3, 0.4) is 0 Å². The fraction of sp³-hybridized carbons (Fsp3) is 0. The van der Waals surface area contributed by atoms with Crippen molar-refractivity contribution < 1.29 is 9.21 Å². The van der Waals surface area contributed by atoms with Gasteiger partial charge in [-0.05, 0) is 18.2 Å². The number of hydrogen-bond donors (Lipinski definition) is 1. The maximum absolute atomic E-state index is 11.5. The van der Waals surface area contributed by atoms with Crippen molar-refractivity contribution in [2.75, 3.05) is 5.32 Å². The molecule has 1 heterocycles. The van der Waals surface area contributed by atoms with E-state index in [1.807, 2.05) is 0 Å². The SMILES string of the molecule is O=C(Nc1cccc(Cl)c1)c1cnco1. The van der Waals surface area contributed by atoms with Gasteiger partial charge in [0.05, 0.1) is 6.20 Å². The minimum Gasteiger partial charge on any atom is -0.438 e. The number of carbonyl (C=O) groups excluding carboxylic acids is 1. The molecule has 1 aromatic carbocycles. The van der Waals surface area contributed by atoms with E-state index in [4.69, 9.17) is 16.0 Å². The summed E-state index contributed by atoms with van der Waals surface area (Å²) in [6.45, 7) is 0. The standard InChI is InChI=1S/C10H7ClN2O2/c11-7-2-1-3-8(4-7)13-10(14)9-5-12-6-15-9/h1-6H,(H,13,14). The molecule has 0 aliphatic rings. The lowest BCUT2D eigenvalue weighted by molar-refractivity contribution is 0.0996. The van der Waals surface area contributed by atoms with Gasteiger partial charge in [-0.2, -0.15) is 0 Å². The van der Waals surface area contributed by atoms with E-state index in [1.54, 1.807) is 24.3 Å². The third-order valence-corrected chi connectivity index (χ3v) is 1.97. The van der Waals surface area contributed by atoms with Gasteiger partial charge in [-0.15, -0.1) is 0 Å². The first-order chi connectivity index (χ1) is 7.25. The minimum absolute atomic E-state index is 0.162. The first-order valence-electron chi connectivity index (χ1n) is 4.21. The molecule has 0 bridgehead atoms. The summed E-state index contributed by atoms with van der Waals surface area (Å²) in [5.41, 5.74) is 0.615. The molecule has 1 N–H and O–H groups in total. The number of halogens is 1. The summed E-state index contributed by atoms with van der Waals surface area (Å²) >= 11 is 5.77. The van der Waals surface area contributed by atoms with Crippen LogP contribution in [0, 0.1) is 0 Å². The normalized spacial score (nSPS) is 9.93. The Morgan fingerprint density at radius 2 is 2.33 bits per heavy atom. The smallest absolute Gasteiger partial charge is 0.293 e. The second kappa shape index (κ2) is 4.14. The van der Waals surface area contributed by atoms with E-state index >= 15 is 0 Å². The fourth-order valence-corrected chi connectivity index (χ4v) is 1.28. The highest BCUT2D eigenvalue weighted by molar-refractivity contribution is 6.30. The highest BCUT2D eigenvalue weighted by atomic mass is 35.5. The van der Waals surface area contributed by atoms with Crippen molar-refractivity contribution in [3.8, 4) is 0 Å². The van der Waals surface area contributed by atoms with Crippen LogP contribution in [0.4, 0.5) is 5.69 Å². The number of aromatic nitrogens is 1. The number of nitrogens with one attached hydrogen (secondary N) is 1. The van der Waals surface area contributed by atoms with Crippen molar-refractivity contribution in [2.24, 2.45) is 0 Å². The molecular formula is C10H7ClN2O2. The lowest BCUT2D eigenvalue weighted by Gasteiger charge is -2.02. The Morgan fingerprint density at radius 3 is 3.00 bits per heavy atom. The van der Waals surface area contributed by atoms with E-state index in [1.165, 1.54) is 12.6 Å². The number of anilines is 1. The lowest BCUT2D eigenvalue weighted by Crippen LogP contribution is -2.10. The van der Waals surface area contributed by atoms with Gasteiger partial charge in [0.1, 0.15) is 0 Å². The van der Waals surface area contributed by atoms with Crippen LogP contribution < -0.4 is 5.32 Å². The molecule has 15 heavy (non-hydrogen) atoms. The second-order valence-corrected chi connectivity index (χ2v) is 3.27. The molecule has 2 aromatic rings. The minimum atomic E-state index is -0.352. The van der Waals surface area contributed by atoms with Crippen molar-refractivity contribution in [2.45, 2.75) is 0 Å². The van der Waals surface area contributed by atoms with E-state index in [-0.39, 0.29) is 11.7 Å². The number of carbonyl (C=O) groups is 1. The van der Waals surface area contributed by atoms with Gasteiger partial charge in [0, 0.05) is 10.7 Å². The predicted molar refractivity (Wildman–Crippen MR) is 55.9 cm³/mol. The van der Waals surface area contributed by atoms with Crippen LogP contribution >= 0.6 is 11.6 Å². The average Bonchev–Trinajstić information content (AvgIpc) is 2.70. The molecule has 0 unspecified atom stereocenters. The Labute approximate surface area is 90.9 Å². The molecule has 0 spiro atoms. The van der Waals surface area contributed by atoms with Crippen LogP contribution in [0.1, 0.15) is 10.6 Å². The molecule has 5 heteroatoms. The van der Waals surface area contributed by atoms with Crippen molar-refractivity contribution in [3.63, 3.8) is 0 Å². The Kier molecular flexibility index (Phi) is 2.69. The van der Waals surface area contributed by atoms with E-state index in [2.05, 4.69) is 10.3 Å². The summed E-state index contributed by atoms with van der Waals surface area (Å²) in [7, 11) is 0. The summed E-state index contributed by atoms with van der Waals surface area (Å²) in [5.74, 6) is -0.190. The van der Waals surface area contributed by atoms with Crippen LogP contribution in [0.15, 0.2) is 41.3 Å². The summed E-state index contributed by atoms with van der Waals surface area (Å²) in [5, 5.41) is 3.19. The van der Waals surface area contributed by atoms with Gasteiger partial charge in [-0.25, -0.2) is 4.98 Å². The number of amides is 1. The molecule has 0 radical (unpaired) electrons. The molecule has 0 fully saturated rings. The Morgan fingerprint density at radius 1 is 1.47 bits per heavy atom. The van der Waals surface area contributed by atoms with Gasteiger partial charge in [-0.1, -0.05) is 17.7 Å². The second-order valence-electron chi connectivity index (χ2n) is 2.83. The Balaban J connectivity index is 2.13. The van der Waals surface area contributed by atoms with Crippen LogP contribution in [0.25, 0.3) is 0 Å². The zero-order valence-corrected chi connectivity index (χ0v) is 8.36. The average molecular weight is 223 g/mol. The van der Waals surface area contributed by atoms with Crippen LogP contribution in [-0.2, 0) is 0 Å². The van der Waals surface area contributed by atoms with Crippen molar-refractivity contribution in [3.05, 3.63) is 47.6 Å². The summed E-state index contributed by atoms with van der Waals surface area (Å²) in [4.78, 5) is 15.1. The number of benzene rings is 1. The van der Waals surface area contributed by atoms with Gasteiger partial charge in [0.15, 0.2) is 6.39 Å². The monoisotopic (exact) mass is 222 g/mol. The first-order valence-corrected chi connectivity index (χ1v) is 4.59. The topological polar surface area (TPSA) is 55.1 Å².